The van der Waals surface area contributed by atoms with Gasteiger partial charge in [0.05, 0.1) is 4.90 Å². The van der Waals surface area contributed by atoms with Crippen molar-refractivity contribution < 1.29 is 23.1 Å². The van der Waals surface area contributed by atoms with Gasteiger partial charge in [-0.05, 0) is 73.4 Å². The van der Waals surface area contributed by atoms with E-state index < -0.39 is 16.1 Å². The third-order valence-electron chi connectivity index (χ3n) is 5.76. The minimum atomic E-state index is -3.90. The second-order valence-corrected chi connectivity index (χ2v) is 9.94. The molecule has 0 fully saturated rings. The van der Waals surface area contributed by atoms with Crippen LogP contribution in [0.15, 0.2) is 41.3 Å². The number of carbonyl (C=O) groups is 2. The lowest BCUT2D eigenvalue weighted by Crippen LogP contribution is -2.32. The molecule has 0 aromatic heterocycles. The normalized spacial score (nSPS) is 13.1. The molecule has 1 aliphatic rings. The number of unbranched alkanes of at least 4 members (excludes halogenated alkanes) is 1. The fourth-order valence-corrected chi connectivity index (χ4v) is 5.17. The quantitative estimate of drug-likeness (QED) is 0.394. The van der Waals surface area contributed by atoms with E-state index in [1.165, 1.54) is 11.0 Å². The van der Waals surface area contributed by atoms with Crippen molar-refractivity contribution in [1.29, 1.82) is 0 Å². The van der Waals surface area contributed by atoms with E-state index in [0.29, 0.717) is 49.4 Å². The number of rotatable bonds is 10. The third kappa shape index (κ3) is 6.09. The summed E-state index contributed by atoms with van der Waals surface area (Å²) in [6, 6.07) is 10.5. The molecule has 0 atom stereocenters. The highest BCUT2D eigenvalue weighted by Crippen LogP contribution is 2.30. The van der Waals surface area contributed by atoms with Gasteiger partial charge in [-0.15, -0.1) is 0 Å². The van der Waals surface area contributed by atoms with Gasteiger partial charge in [0.15, 0.2) is 5.78 Å². The van der Waals surface area contributed by atoms with Gasteiger partial charge in [0, 0.05) is 30.1 Å². The van der Waals surface area contributed by atoms with Crippen molar-refractivity contribution in [1.82, 2.24) is 4.90 Å². The number of Topliss-reactive ketones (excluding diaryl/α,β-unsaturated/α-hetero) is 1. The Morgan fingerprint density at radius 1 is 1.09 bits per heavy atom. The first kappa shape index (κ1) is 24.2. The maximum Gasteiger partial charge on any atom is 0.407 e. The molecule has 3 N–H and O–H groups in total. The van der Waals surface area contributed by atoms with Crippen LogP contribution in [-0.4, -0.2) is 43.4 Å². The minimum Gasteiger partial charge on any atom is -0.465 e. The smallest absolute Gasteiger partial charge is 0.407 e. The van der Waals surface area contributed by atoms with Crippen LogP contribution in [0.2, 0.25) is 5.02 Å². The standard InChI is InChI=1S/C23H27ClN2O5S/c24-20-9-2-1-6-16(20)11-13-26(23(28)29)12-4-3-10-21(27)18-14-17-7-5-8-19(17)22(15-18)32(25,30)31/h1-2,6,9,14-15H,3-5,7-8,10-13H2,(H,28,29)(H2,25,30,31). The van der Waals surface area contributed by atoms with Crippen LogP contribution in [0.25, 0.3) is 0 Å². The Labute approximate surface area is 193 Å². The van der Waals surface area contributed by atoms with Crippen LogP contribution in [0.3, 0.4) is 0 Å². The van der Waals surface area contributed by atoms with Crippen LogP contribution in [-0.2, 0) is 29.3 Å². The van der Waals surface area contributed by atoms with E-state index in [0.717, 1.165) is 29.5 Å². The van der Waals surface area contributed by atoms with Crippen LogP contribution < -0.4 is 5.14 Å². The van der Waals surface area contributed by atoms with Crippen molar-refractivity contribution >= 4 is 33.5 Å². The van der Waals surface area contributed by atoms with Crippen LogP contribution in [0.4, 0.5) is 4.79 Å². The molecule has 0 saturated carbocycles. The first-order valence-electron chi connectivity index (χ1n) is 10.6. The number of sulfonamides is 1. The van der Waals surface area contributed by atoms with Gasteiger partial charge < -0.3 is 10.0 Å². The Morgan fingerprint density at radius 2 is 1.84 bits per heavy atom. The highest BCUT2D eigenvalue weighted by atomic mass is 35.5. The number of nitrogens with zero attached hydrogens (tertiary/aromatic N) is 1. The molecule has 0 spiro atoms. The van der Waals surface area contributed by atoms with Gasteiger partial charge in [0.25, 0.3) is 0 Å². The summed E-state index contributed by atoms with van der Waals surface area (Å²) in [6.07, 6.45) is 2.95. The molecule has 1 aliphatic carbocycles. The summed E-state index contributed by atoms with van der Waals surface area (Å²) < 4.78 is 23.9. The molecule has 0 bridgehead atoms. The summed E-state index contributed by atoms with van der Waals surface area (Å²) in [6.45, 7) is 0.620. The summed E-state index contributed by atoms with van der Waals surface area (Å²) in [5.74, 6) is -0.164. The van der Waals surface area contributed by atoms with Crippen LogP contribution >= 0.6 is 11.6 Å². The van der Waals surface area contributed by atoms with E-state index in [2.05, 4.69) is 0 Å². The highest BCUT2D eigenvalue weighted by molar-refractivity contribution is 7.89. The zero-order chi connectivity index (χ0) is 23.3. The number of hydrogen-bond donors (Lipinski definition) is 2. The molecule has 3 rings (SSSR count). The fourth-order valence-electron chi connectivity index (χ4n) is 4.07. The molecule has 9 heteroatoms. The number of amides is 1. The maximum absolute atomic E-state index is 12.7. The average Bonchev–Trinajstić information content (AvgIpc) is 3.21. The summed E-state index contributed by atoms with van der Waals surface area (Å²) in [7, 11) is -3.90. The molecule has 0 unspecified atom stereocenters. The number of primary sulfonamides is 1. The highest BCUT2D eigenvalue weighted by Gasteiger charge is 2.24. The maximum atomic E-state index is 12.7. The van der Waals surface area contributed by atoms with Gasteiger partial charge in [-0.3, -0.25) is 4.79 Å². The molecule has 172 valence electrons. The second-order valence-electron chi connectivity index (χ2n) is 8.00. The Bertz CT molecular complexity index is 1120. The lowest BCUT2D eigenvalue weighted by atomic mass is 10.0. The number of benzene rings is 2. The predicted molar refractivity (Wildman–Crippen MR) is 123 cm³/mol. The fraction of sp³-hybridized carbons (Fsp3) is 0.391. The van der Waals surface area contributed by atoms with E-state index in [4.69, 9.17) is 16.7 Å². The molecule has 0 heterocycles. The average molecular weight is 479 g/mol. The number of carboxylic acid groups (broad SMARTS) is 1. The van der Waals surface area contributed by atoms with Crippen LogP contribution in [0.1, 0.15) is 52.7 Å². The van der Waals surface area contributed by atoms with Gasteiger partial charge in [-0.2, -0.15) is 0 Å². The molecule has 0 radical (unpaired) electrons. The third-order valence-corrected chi connectivity index (χ3v) is 7.11. The van der Waals surface area contributed by atoms with E-state index in [1.807, 2.05) is 18.2 Å². The van der Waals surface area contributed by atoms with Crippen molar-refractivity contribution in [3.05, 3.63) is 63.7 Å². The number of carbonyl (C=O) groups excluding carboxylic acids is 1. The van der Waals surface area contributed by atoms with E-state index in [-0.39, 0.29) is 17.1 Å². The molecule has 32 heavy (non-hydrogen) atoms. The summed E-state index contributed by atoms with van der Waals surface area (Å²) in [5, 5.41) is 15.4. The molecule has 0 aliphatic heterocycles. The van der Waals surface area contributed by atoms with Crippen molar-refractivity contribution in [2.45, 2.75) is 49.8 Å². The van der Waals surface area contributed by atoms with Crippen molar-refractivity contribution in [2.75, 3.05) is 13.1 Å². The monoisotopic (exact) mass is 478 g/mol. The van der Waals surface area contributed by atoms with Gasteiger partial charge >= 0.3 is 6.09 Å². The van der Waals surface area contributed by atoms with Gasteiger partial charge in [0.1, 0.15) is 0 Å². The molecule has 1 amide bonds. The zero-order valence-electron chi connectivity index (χ0n) is 17.7. The summed E-state index contributed by atoms with van der Waals surface area (Å²) in [5.41, 5.74) is 2.83. The van der Waals surface area contributed by atoms with Gasteiger partial charge in [0.2, 0.25) is 10.0 Å². The molecular weight excluding hydrogens is 452 g/mol. The zero-order valence-corrected chi connectivity index (χ0v) is 19.3. The van der Waals surface area contributed by atoms with E-state index >= 15 is 0 Å². The number of halogens is 1. The number of ketones is 1. The Hall–Kier alpha value is -2.42. The second kappa shape index (κ2) is 10.5. The lowest BCUT2D eigenvalue weighted by Gasteiger charge is -2.19. The Kier molecular flexibility index (Phi) is 7.92. The largest absolute Gasteiger partial charge is 0.465 e. The first-order valence-corrected chi connectivity index (χ1v) is 12.5. The number of fused-ring (bicyclic) bond motifs is 1. The SMILES string of the molecule is NS(=O)(=O)c1cc(C(=O)CCCCN(CCc2ccccc2Cl)C(=O)O)cc2c1CCC2. The lowest BCUT2D eigenvalue weighted by molar-refractivity contribution is 0.0977. The van der Waals surface area contributed by atoms with Crippen LogP contribution in [0.5, 0.6) is 0 Å². The number of hydrogen-bond acceptors (Lipinski definition) is 4. The van der Waals surface area contributed by atoms with E-state index in [9.17, 15) is 23.1 Å². The molecule has 2 aromatic rings. The topological polar surface area (TPSA) is 118 Å². The van der Waals surface area contributed by atoms with Crippen molar-refractivity contribution in [3.63, 3.8) is 0 Å². The Morgan fingerprint density at radius 3 is 2.53 bits per heavy atom. The van der Waals surface area contributed by atoms with E-state index in [1.54, 1.807) is 12.1 Å². The number of aryl methyl sites for hydroxylation is 1. The molecule has 0 saturated heterocycles. The van der Waals surface area contributed by atoms with Crippen LogP contribution in [0, 0.1) is 0 Å². The Balaban J connectivity index is 1.55. The van der Waals surface area contributed by atoms with Crippen molar-refractivity contribution in [3.8, 4) is 0 Å². The predicted octanol–water partition coefficient (Wildman–Crippen LogP) is 4.05. The summed E-state index contributed by atoms with van der Waals surface area (Å²) in [4.78, 5) is 25.6. The van der Waals surface area contributed by atoms with Gasteiger partial charge in [-0.1, -0.05) is 29.8 Å². The molecule has 7 nitrogen and oxygen atoms in total. The molecule has 2 aromatic carbocycles. The van der Waals surface area contributed by atoms with Crippen molar-refractivity contribution in [2.24, 2.45) is 5.14 Å². The number of nitrogens with two attached hydrogens (primary N) is 1. The summed E-state index contributed by atoms with van der Waals surface area (Å²) >= 11 is 6.13. The molecular formula is C23H27ClN2O5S. The van der Waals surface area contributed by atoms with Gasteiger partial charge in [-0.25, -0.2) is 18.4 Å². The minimum absolute atomic E-state index is 0.0486. The first-order chi connectivity index (χ1) is 15.2.